The predicted molar refractivity (Wildman–Crippen MR) is 118 cm³/mol. The summed E-state index contributed by atoms with van der Waals surface area (Å²) in [5, 5.41) is 0. The van der Waals surface area contributed by atoms with Crippen LogP contribution in [0, 0.1) is 0 Å². The molecule has 0 aromatic rings. The van der Waals surface area contributed by atoms with Gasteiger partial charge in [0.25, 0.3) is 0 Å². The van der Waals surface area contributed by atoms with Gasteiger partial charge in [0, 0.05) is 0 Å². The summed E-state index contributed by atoms with van der Waals surface area (Å²) in [4.78, 5) is 0. The molecule has 0 amide bonds. The van der Waals surface area contributed by atoms with Gasteiger partial charge in [0.1, 0.15) is 0 Å². The van der Waals surface area contributed by atoms with Crippen molar-refractivity contribution in [1.29, 1.82) is 0 Å². The Hall–Kier alpha value is 0.759. The van der Waals surface area contributed by atoms with Crippen LogP contribution in [-0.2, 0) is 3.07 Å². The average molecular weight is 461 g/mol. The Morgan fingerprint density at radius 1 is 0.440 bits per heavy atom. The standard InChI is InChI=1S/C11H23O.3C4H9.Sn/c1-2-3-4-5-6-7-8-9-10-11-12;3*1-3-4-2;/h2-11H2,1H3;3*1,3-4H2,2H3;/q-1;;;;+1. The summed E-state index contributed by atoms with van der Waals surface area (Å²) in [5.41, 5.74) is 0. The summed E-state index contributed by atoms with van der Waals surface area (Å²) < 4.78 is 11.3. The molecule has 0 radical (unpaired) electrons. The summed E-state index contributed by atoms with van der Waals surface area (Å²) >= 11 is -2.29. The number of hydrogen-bond donors (Lipinski definition) is 0. The van der Waals surface area contributed by atoms with Gasteiger partial charge in [0.05, 0.1) is 0 Å². The van der Waals surface area contributed by atoms with Crippen LogP contribution in [0.1, 0.15) is 124 Å². The van der Waals surface area contributed by atoms with Crippen molar-refractivity contribution in [1.82, 2.24) is 0 Å². The van der Waals surface area contributed by atoms with Crippen LogP contribution in [0.2, 0.25) is 13.3 Å². The van der Waals surface area contributed by atoms with E-state index < -0.39 is 18.8 Å². The molecular formula is C23H50OSn. The van der Waals surface area contributed by atoms with E-state index in [-0.39, 0.29) is 0 Å². The molecule has 0 aliphatic heterocycles. The Labute approximate surface area is 165 Å². The third kappa shape index (κ3) is 15.5. The zero-order chi connectivity index (χ0) is 18.6. The maximum absolute atomic E-state index is 6.81. The number of hydrogen-bond acceptors (Lipinski definition) is 1. The molecule has 0 aromatic carbocycles. The molecule has 0 rings (SSSR count). The number of unbranched alkanes of at least 4 members (excludes halogenated alkanes) is 11. The van der Waals surface area contributed by atoms with Crippen molar-refractivity contribution in [3.8, 4) is 0 Å². The molecule has 25 heavy (non-hydrogen) atoms. The Morgan fingerprint density at radius 3 is 1.20 bits per heavy atom. The molecule has 152 valence electrons. The second-order valence-corrected chi connectivity index (χ2v) is 20.0. The molecule has 0 bridgehead atoms. The molecule has 0 N–H and O–H groups in total. The van der Waals surface area contributed by atoms with E-state index in [0.29, 0.717) is 0 Å². The van der Waals surface area contributed by atoms with Crippen LogP contribution in [0.5, 0.6) is 0 Å². The Bertz CT molecular complexity index is 233. The molecule has 0 saturated carbocycles. The van der Waals surface area contributed by atoms with Crippen molar-refractivity contribution in [3.63, 3.8) is 0 Å². The SMILES string of the molecule is CCCCCCCCCCC[O][Sn]([CH2]CCC)([CH2]CCC)[CH2]CCC. The van der Waals surface area contributed by atoms with Gasteiger partial charge in [-0.15, -0.1) is 0 Å². The molecule has 0 fully saturated rings. The fourth-order valence-corrected chi connectivity index (χ4v) is 17.4. The van der Waals surface area contributed by atoms with E-state index in [4.69, 9.17) is 3.07 Å². The summed E-state index contributed by atoms with van der Waals surface area (Å²) in [6.45, 7) is 10.4. The molecule has 0 saturated heterocycles. The summed E-state index contributed by atoms with van der Waals surface area (Å²) in [7, 11) is 0. The Morgan fingerprint density at radius 2 is 0.800 bits per heavy atom. The van der Waals surface area contributed by atoms with Crippen LogP contribution in [0.4, 0.5) is 0 Å². The summed E-state index contributed by atoms with van der Waals surface area (Å²) in [6, 6.07) is 0. The second-order valence-electron chi connectivity index (χ2n) is 8.17. The molecule has 0 spiro atoms. The van der Waals surface area contributed by atoms with Crippen molar-refractivity contribution in [2.75, 3.05) is 6.61 Å². The predicted octanol–water partition coefficient (Wildman–Crippen LogP) is 8.88. The minimum absolute atomic E-state index is 1.09. The molecule has 0 atom stereocenters. The van der Waals surface area contributed by atoms with Gasteiger partial charge in [-0.2, -0.15) is 0 Å². The van der Waals surface area contributed by atoms with E-state index in [1.165, 1.54) is 110 Å². The first-order valence-corrected chi connectivity index (χ1v) is 19.1. The van der Waals surface area contributed by atoms with E-state index >= 15 is 0 Å². The fraction of sp³-hybridized carbons (Fsp3) is 1.00. The second kappa shape index (κ2) is 19.5. The van der Waals surface area contributed by atoms with E-state index in [1.54, 1.807) is 0 Å². The van der Waals surface area contributed by atoms with Crippen molar-refractivity contribution >= 4 is 18.8 Å². The van der Waals surface area contributed by atoms with Crippen molar-refractivity contribution in [2.45, 2.75) is 137 Å². The van der Waals surface area contributed by atoms with Gasteiger partial charge in [-0.3, -0.25) is 0 Å². The quantitative estimate of drug-likeness (QED) is 0.130. The van der Waals surface area contributed by atoms with Gasteiger partial charge in [0.2, 0.25) is 0 Å². The third-order valence-electron chi connectivity index (χ3n) is 5.61. The van der Waals surface area contributed by atoms with Crippen LogP contribution < -0.4 is 0 Å². The van der Waals surface area contributed by atoms with Gasteiger partial charge in [0.15, 0.2) is 0 Å². The van der Waals surface area contributed by atoms with Gasteiger partial charge in [-0.25, -0.2) is 0 Å². The Balaban J connectivity index is 4.01. The molecular weight excluding hydrogens is 411 g/mol. The third-order valence-corrected chi connectivity index (χ3v) is 18.8. The van der Waals surface area contributed by atoms with E-state index in [1.807, 2.05) is 0 Å². The van der Waals surface area contributed by atoms with E-state index in [9.17, 15) is 0 Å². The fourth-order valence-electron chi connectivity index (χ4n) is 3.79. The van der Waals surface area contributed by atoms with Crippen LogP contribution in [0.15, 0.2) is 0 Å². The molecule has 0 heterocycles. The van der Waals surface area contributed by atoms with Gasteiger partial charge < -0.3 is 0 Å². The van der Waals surface area contributed by atoms with Crippen LogP contribution in [0.25, 0.3) is 0 Å². The summed E-state index contributed by atoms with van der Waals surface area (Å²) in [6.07, 6.45) is 21.0. The monoisotopic (exact) mass is 462 g/mol. The molecule has 0 aliphatic carbocycles. The van der Waals surface area contributed by atoms with Crippen LogP contribution in [-0.4, -0.2) is 25.4 Å². The van der Waals surface area contributed by atoms with Crippen molar-refractivity contribution < 1.29 is 3.07 Å². The number of rotatable bonds is 20. The Kier molecular flexibility index (Phi) is 20.1. The first-order chi connectivity index (χ1) is 12.2. The van der Waals surface area contributed by atoms with Crippen LogP contribution in [0.3, 0.4) is 0 Å². The molecule has 0 aromatic heterocycles. The molecule has 1 nitrogen and oxygen atoms in total. The molecule has 0 aliphatic rings. The van der Waals surface area contributed by atoms with Crippen molar-refractivity contribution in [3.05, 3.63) is 0 Å². The first kappa shape index (κ1) is 25.8. The zero-order valence-corrected chi connectivity index (χ0v) is 21.2. The van der Waals surface area contributed by atoms with E-state index in [2.05, 4.69) is 27.7 Å². The maximum atomic E-state index is 6.81. The summed E-state index contributed by atoms with van der Waals surface area (Å²) in [5.74, 6) is 0. The molecule has 2 heteroatoms. The molecule has 0 unspecified atom stereocenters. The van der Waals surface area contributed by atoms with E-state index in [0.717, 1.165) is 6.61 Å². The average Bonchev–Trinajstić information content (AvgIpc) is 2.64. The van der Waals surface area contributed by atoms with Gasteiger partial charge in [-0.1, -0.05) is 0 Å². The topological polar surface area (TPSA) is 9.23 Å². The zero-order valence-electron chi connectivity index (χ0n) is 18.3. The normalized spacial score (nSPS) is 12.0. The van der Waals surface area contributed by atoms with Gasteiger partial charge >= 0.3 is 166 Å². The van der Waals surface area contributed by atoms with Crippen LogP contribution >= 0.6 is 0 Å². The van der Waals surface area contributed by atoms with Crippen molar-refractivity contribution in [2.24, 2.45) is 0 Å². The van der Waals surface area contributed by atoms with Gasteiger partial charge in [-0.05, 0) is 0 Å². The minimum atomic E-state index is -2.29. The first-order valence-electron chi connectivity index (χ1n) is 11.9.